The number of hydrogen-bond acceptors (Lipinski definition) is 2. The Hall–Kier alpha value is -1.22. The van der Waals surface area contributed by atoms with Gasteiger partial charge in [0.2, 0.25) is 5.91 Å². The molecule has 1 aromatic carbocycles. The fraction of sp³-hybridized carbons (Fsp3) is 0.364. The quantitative estimate of drug-likeness (QED) is 0.795. The third-order valence-corrected chi connectivity index (χ3v) is 2.82. The molecule has 0 atom stereocenters. The van der Waals surface area contributed by atoms with Crippen LogP contribution >= 0.6 is 11.6 Å². The number of anilines is 2. The molecule has 1 aromatic rings. The number of fused-ring (bicyclic) bond motifs is 1. The Morgan fingerprint density at radius 3 is 2.93 bits per heavy atom. The molecule has 0 aromatic heterocycles. The summed E-state index contributed by atoms with van der Waals surface area (Å²) in [6.45, 7) is 4.99. The molecular formula is C11H13ClN2O. The van der Waals surface area contributed by atoms with E-state index >= 15 is 0 Å². The van der Waals surface area contributed by atoms with Gasteiger partial charge in [0.15, 0.2) is 0 Å². The molecule has 0 bridgehead atoms. The second-order valence-electron chi connectivity index (χ2n) is 3.61. The highest BCUT2D eigenvalue weighted by molar-refractivity contribution is 6.31. The predicted octanol–water partition coefficient (Wildman–Crippen LogP) is 2.43. The van der Waals surface area contributed by atoms with E-state index in [2.05, 4.69) is 5.32 Å². The number of halogens is 1. The minimum absolute atomic E-state index is 0.0895. The molecule has 1 amide bonds. The van der Waals surface area contributed by atoms with Crippen molar-refractivity contribution >= 4 is 28.9 Å². The number of amides is 1. The maximum Gasteiger partial charge on any atom is 0.246 e. The minimum atomic E-state index is 0.0895. The third-order valence-electron chi connectivity index (χ3n) is 2.60. The number of hydrogen-bond donors (Lipinski definition) is 1. The summed E-state index contributed by atoms with van der Waals surface area (Å²) in [6, 6.07) is 3.73. The van der Waals surface area contributed by atoms with E-state index in [-0.39, 0.29) is 5.91 Å². The van der Waals surface area contributed by atoms with E-state index in [0.717, 1.165) is 16.9 Å². The summed E-state index contributed by atoms with van der Waals surface area (Å²) in [7, 11) is 0. The van der Waals surface area contributed by atoms with Gasteiger partial charge < -0.3 is 10.2 Å². The van der Waals surface area contributed by atoms with Crippen LogP contribution < -0.4 is 10.2 Å². The Morgan fingerprint density at radius 1 is 1.53 bits per heavy atom. The number of likely N-dealkylation sites (N-methyl/N-ethyl adjacent to an activating group) is 1. The van der Waals surface area contributed by atoms with E-state index in [4.69, 9.17) is 11.6 Å². The molecule has 15 heavy (non-hydrogen) atoms. The van der Waals surface area contributed by atoms with Gasteiger partial charge in [-0.15, -0.1) is 0 Å². The van der Waals surface area contributed by atoms with Gasteiger partial charge in [0, 0.05) is 11.6 Å². The molecule has 0 fully saturated rings. The first-order valence-corrected chi connectivity index (χ1v) is 5.35. The highest BCUT2D eigenvalue weighted by atomic mass is 35.5. The van der Waals surface area contributed by atoms with Crippen LogP contribution in [0.1, 0.15) is 12.5 Å². The molecule has 2 rings (SSSR count). The van der Waals surface area contributed by atoms with Crippen LogP contribution in [0.15, 0.2) is 12.1 Å². The zero-order chi connectivity index (χ0) is 11.0. The second kappa shape index (κ2) is 3.74. The SMILES string of the molecule is CCN1C(=O)CNc2c(C)cc(Cl)cc21. The Labute approximate surface area is 94.0 Å². The lowest BCUT2D eigenvalue weighted by molar-refractivity contribution is -0.117. The fourth-order valence-electron chi connectivity index (χ4n) is 1.91. The summed E-state index contributed by atoms with van der Waals surface area (Å²) in [5, 5.41) is 3.79. The topological polar surface area (TPSA) is 32.3 Å². The van der Waals surface area contributed by atoms with E-state index in [9.17, 15) is 4.79 Å². The standard InChI is InChI=1S/C11H13ClN2O/c1-3-14-9-5-8(12)4-7(2)11(9)13-6-10(14)15/h4-5,13H,3,6H2,1-2H3. The largest absolute Gasteiger partial charge is 0.374 e. The molecule has 0 saturated heterocycles. The summed E-state index contributed by atoms with van der Waals surface area (Å²) in [5.41, 5.74) is 2.98. The lowest BCUT2D eigenvalue weighted by atomic mass is 10.1. The van der Waals surface area contributed by atoms with Crippen LogP contribution in [0.5, 0.6) is 0 Å². The summed E-state index contributed by atoms with van der Waals surface area (Å²) in [5.74, 6) is 0.0895. The molecule has 0 unspecified atom stereocenters. The molecule has 1 aliphatic heterocycles. The van der Waals surface area contributed by atoms with Gasteiger partial charge >= 0.3 is 0 Å². The van der Waals surface area contributed by atoms with Crippen molar-refractivity contribution in [1.29, 1.82) is 0 Å². The molecule has 0 spiro atoms. The lowest BCUT2D eigenvalue weighted by Crippen LogP contribution is -2.39. The van der Waals surface area contributed by atoms with Crippen molar-refractivity contribution in [2.75, 3.05) is 23.3 Å². The molecule has 1 heterocycles. The predicted molar refractivity (Wildman–Crippen MR) is 62.7 cm³/mol. The Balaban J connectivity index is 2.57. The van der Waals surface area contributed by atoms with Gasteiger partial charge in [-0.3, -0.25) is 4.79 Å². The maximum atomic E-state index is 11.6. The summed E-state index contributed by atoms with van der Waals surface area (Å²) < 4.78 is 0. The number of carbonyl (C=O) groups is 1. The smallest absolute Gasteiger partial charge is 0.246 e. The molecule has 1 aliphatic rings. The molecular weight excluding hydrogens is 212 g/mol. The highest BCUT2D eigenvalue weighted by Crippen LogP contribution is 2.35. The van der Waals surface area contributed by atoms with Gasteiger partial charge in [-0.05, 0) is 31.5 Å². The van der Waals surface area contributed by atoms with E-state index in [1.807, 2.05) is 26.0 Å². The van der Waals surface area contributed by atoms with E-state index in [0.29, 0.717) is 18.1 Å². The maximum absolute atomic E-state index is 11.6. The van der Waals surface area contributed by atoms with Crippen LogP contribution in [0.25, 0.3) is 0 Å². The Bertz CT molecular complexity index is 417. The fourth-order valence-corrected chi connectivity index (χ4v) is 2.18. The van der Waals surface area contributed by atoms with Crippen molar-refractivity contribution in [3.8, 4) is 0 Å². The number of aryl methyl sites for hydroxylation is 1. The highest BCUT2D eigenvalue weighted by Gasteiger charge is 2.23. The first-order chi connectivity index (χ1) is 7.13. The van der Waals surface area contributed by atoms with Gasteiger partial charge in [0.25, 0.3) is 0 Å². The lowest BCUT2D eigenvalue weighted by Gasteiger charge is -2.30. The molecule has 4 heteroatoms. The van der Waals surface area contributed by atoms with Crippen LogP contribution in [0, 0.1) is 6.92 Å². The van der Waals surface area contributed by atoms with Crippen LogP contribution in [0.2, 0.25) is 5.02 Å². The third kappa shape index (κ3) is 1.67. The molecule has 3 nitrogen and oxygen atoms in total. The normalized spacial score (nSPS) is 14.9. The number of benzene rings is 1. The molecule has 80 valence electrons. The van der Waals surface area contributed by atoms with Crippen molar-refractivity contribution in [2.45, 2.75) is 13.8 Å². The molecule has 0 radical (unpaired) electrons. The number of nitrogens with one attached hydrogen (secondary N) is 1. The van der Waals surface area contributed by atoms with Crippen LogP contribution in [0.4, 0.5) is 11.4 Å². The average molecular weight is 225 g/mol. The Morgan fingerprint density at radius 2 is 2.27 bits per heavy atom. The van der Waals surface area contributed by atoms with Gasteiger partial charge in [-0.25, -0.2) is 0 Å². The van der Waals surface area contributed by atoms with Crippen molar-refractivity contribution < 1.29 is 4.79 Å². The van der Waals surface area contributed by atoms with Crippen molar-refractivity contribution in [3.63, 3.8) is 0 Å². The molecule has 1 N–H and O–H groups in total. The van der Waals surface area contributed by atoms with Gasteiger partial charge in [0.05, 0.1) is 17.9 Å². The van der Waals surface area contributed by atoms with Crippen LogP contribution in [-0.4, -0.2) is 19.0 Å². The first-order valence-electron chi connectivity index (χ1n) is 4.98. The van der Waals surface area contributed by atoms with E-state index < -0.39 is 0 Å². The molecule has 0 saturated carbocycles. The minimum Gasteiger partial charge on any atom is -0.374 e. The first kappa shape index (κ1) is 10.3. The van der Waals surface area contributed by atoms with Crippen molar-refractivity contribution in [3.05, 3.63) is 22.7 Å². The zero-order valence-electron chi connectivity index (χ0n) is 8.80. The van der Waals surface area contributed by atoms with Gasteiger partial charge in [-0.1, -0.05) is 11.6 Å². The van der Waals surface area contributed by atoms with E-state index in [1.165, 1.54) is 0 Å². The van der Waals surface area contributed by atoms with Crippen molar-refractivity contribution in [2.24, 2.45) is 0 Å². The van der Waals surface area contributed by atoms with Gasteiger partial charge in [-0.2, -0.15) is 0 Å². The zero-order valence-corrected chi connectivity index (χ0v) is 9.56. The Kier molecular flexibility index (Phi) is 2.57. The summed E-state index contributed by atoms with van der Waals surface area (Å²) in [4.78, 5) is 13.4. The van der Waals surface area contributed by atoms with E-state index in [1.54, 1.807) is 4.90 Å². The monoisotopic (exact) mass is 224 g/mol. The molecule has 0 aliphatic carbocycles. The van der Waals surface area contributed by atoms with Crippen LogP contribution in [0.3, 0.4) is 0 Å². The second-order valence-corrected chi connectivity index (χ2v) is 4.04. The number of carbonyl (C=O) groups excluding carboxylic acids is 1. The van der Waals surface area contributed by atoms with Crippen LogP contribution in [-0.2, 0) is 4.79 Å². The van der Waals surface area contributed by atoms with Gasteiger partial charge in [0.1, 0.15) is 0 Å². The van der Waals surface area contributed by atoms with Crippen molar-refractivity contribution in [1.82, 2.24) is 0 Å². The number of rotatable bonds is 1. The summed E-state index contributed by atoms with van der Waals surface area (Å²) >= 11 is 5.99. The summed E-state index contributed by atoms with van der Waals surface area (Å²) in [6.07, 6.45) is 0. The average Bonchev–Trinajstić information content (AvgIpc) is 2.17. The number of nitrogens with zero attached hydrogens (tertiary/aromatic N) is 1.